The van der Waals surface area contributed by atoms with Gasteiger partial charge < -0.3 is 5.11 Å². The first-order valence-corrected chi connectivity index (χ1v) is 7.34. The summed E-state index contributed by atoms with van der Waals surface area (Å²) in [5.74, 6) is 0.375. The number of aromatic hydroxyl groups is 1. The Morgan fingerprint density at radius 1 is 1.14 bits per heavy atom. The number of para-hydroxylation sites is 1. The highest BCUT2D eigenvalue weighted by Crippen LogP contribution is 2.47. The monoisotopic (exact) mass is 294 g/mol. The molecule has 2 atom stereocenters. The lowest BCUT2D eigenvalue weighted by Crippen LogP contribution is -2.21. The van der Waals surface area contributed by atoms with Crippen molar-refractivity contribution < 1.29 is 9.90 Å². The summed E-state index contributed by atoms with van der Waals surface area (Å²) < 4.78 is 0. The molecular weight excluding hydrogens is 276 g/mol. The van der Waals surface area contributed by atoms with E-state index in [2.05, 4.69) is 22.7 Å². The van der Waals surface area contributed by atoms with Crippen molar-refractivity contribution in [1.29, 1.82) is 0 Å². The van der Waals surface area contributed by atoms with E-state index >= 15 is 0 Å². The molecule has 1 amide bonds. The smallest absolute Gasteiger partial charge is 0.243 e. The summed E-state index contributed by atoms with van der Waals surface area (Å²) in [5, 5.41) is 13.9. The van der Waals surface area contributed by atoms with Gasteiger partial charge in [0.1, 0.15) is 5.75 Å². The molecule has 1 saturated carbocycles. The maximum Gasteiger partial charge on any atom is 0.243 e. The SMILES string of the molecule is C/C(=N/NC(=O)[C@H]1C[C@@H]1c1ccccc1)c1ccccc1O. The van der Waals surface area contributed by atoms with Crippen LogP contribution < -0.4 is 5.43 Å². The third-order valence-corrected chi connectivity index (χ3v) is 3.98. The van der Waals surface area contributed by atoms with E-state index in [-0.39, 0.29) is 17.6 Å². The average molecular weight is 294 g/mol. The van der Waals surface area contributed by atoms with E-state index < -0.39 is 0 Å². The van der Waals surface area contributed by atoms with Crippen molar-refractivity contribution in [2.75, 3.05) is 0 Å². The van der Waals surface area contributed by atoms with Crippen LogP contribution in [0.25, 0.3) is 0 Å². The Bertz CT molecular complexity index is 710. The Morgan fingerprint density at radius 3 is 2.55 bits per heavy atom. The second kappa shape index (κ2) is 6.02. The first-order valence-electron chi connectivity index (χ1n) is 7.34. The minimum atomic E-state index is -0.0661. The molecule has 2 aromatic rings. The predicted molar refractivity (Wildman–Crippen MR) is 85.8 cm³/mol. The molecule has 0 radical (unpaired) electrons. The molecule has 0 heterocycles. The Hall–Kier alpha value is -2.62. The highest BCUT2D eigenvalue weighted by molar-refractivity contribution is 6.01. The fourth-order valence-electron chi connectivity index (χ4n) is 2.62. The van der Waals surface area contributed by atoms with Crippen LogP contribution in [0.4, 0.5) is 0 Å². The number of nitrogens with zero attached hydrogens (tertiary/aromatic N) is 1. The number of rotatable bonds is 4. The van der Waals surface area contributed by atoms with E-state index in [9.17, 15) is 9.90 Å². The lowest BCUT2D eigenvalue weighted by molar-refractivity contribution is -0.122. The number of benzene rings is 2. The zero-order chi connectivity index (χ0) is 15.5. The Morgan fingerprint density at radius 2 is 1.82 bits per heavy atom. The fourth-order valence-corrected chi connectivity index (χ4v) is 2.62. The Kier molecular flexibility index (Phi) is 3.92. The topological polar surface area (TPSA) is 61.7 Å². The number of hydrogen-bond acceptors (Lipinski definition) is 3. The first-order chi connectivity index (χ1) is 10.7. The molecule has 4 heteroatoms. The van der Waals surface area contributed by atoms with Crippen LogP contribution >= 0.6 is 0 Å². The van der Waals surface area contributed by atoms with E-state index in [1.165, 1.54) is 5.56 Å². The van der Waals surface area contributed by atoms with Crippen LogP contribution in [0.2, 0.25) is 0 Å². The molecule has 3 rings (SSSR count). The van der Waals surface area contributed by atoms with Crippen LogP contribution in [0.3, 0.4) is 0 Å². The number of carbonyl (C=O) groups excluding carboxylic acids is 1. The minimum Gasteiger partial charge on any atom is -0.507 e. The fraction of sp³-hybridized carbons (Fsp3) is 0.222. The van der Waals surface area contributed by atoms with Gasteiger partial charge in [-0.1, -0.05) is 42.5 Å². The summed E-state index contributed by atoms with van der Waals surface area (Å²) in [5.41, 5.74) is 5.02. The molecule has 1 aliphatic rings. The van der Waals surface area contributed by atoms with Crippen LogP contribution in [-0.2, 0) is 4.79 Å². The summed E-state index contributed by atoms with van der Waals surface area (Å²) in [6.45, 7) is 1.76. The predicted octanol–water partition coefficient (Wildman–Crippen LogP) is 3.04. The third kappa shape index (κ3) is 3.01. The van der Waals surface area contributed by atoms with Gasteiger partial charge in [0, 0.05) is 11.5 Å². The van der Waals surface area contributed by atoms with Crippen molar-refractivity contribution >= 4 is 11.6 Å². The molecule has 1 fully saturated rings. The van der Waals surface area contributed by atoms with E-state index in [4.69, 9.17) is 0 Å². The number of hydrazone groups is 1. The van der Waals surface area contributed by atoms with Crippen LogP contribution in [0.1, 0.15) is 30.4 Å². The summed E-state index contributed by atoms with van der Waals surface area (Å²) in [6.07, 6.45) is 0.862. The molecule has 0 aliphatic heterocycles. The number of phenolic OH excluding ortho intramolecular Hbond substituents is 1. The molecule has 112 valence electrons. The van der Waals surface area contributed by atoms with Gasteiger partial charge in [0.05, 0.1) is 5.71 Å². The number of carbonyl (C=O) groups is 1. The van der Waals surface area contributed by atoms with Gasteiger partial charge in [0.2, 0.25) is 5.91 Å². The van der Waals surface area contributed by atoms with Gasteiger partial charge in [-0.05, 0) is 37.0 Å². The highest BCUT2D eigenvalue weighted by atomic mass is 16.3. The van der Waals surface area contributed by atoms with E-state index in [1.54, 1.807) is 25.1 Å². The van der Waals surface area contributed by atoms with Crippen molar-refractivity contribution in [3.8, 4) is 5.75 Å². The molecule has 0 spiro atoms. The number of phenols is 1. The van der Waals surface area contributed by atoms with Crippen molar-refractivity contribution in [3.63, 3.8) is 0 Å². The van der Waals surface area contributed by atoms with Crippen molar-refractivity contribution in [3.05, 3.63) is 65.7 Å². The third-order valence-electron chi connectivity index (χ3n) is 3.98. The van der Waals surface area contributed by atoms with Crippen LogP contribution in [0.5, 0.6) is 5.75 Å². The number of hydrogen-bond donors (Lipinski definition) is 2. The molecule has 0 saturated heterocycles. The Balaban J connectivity index is 1.62. The van der Waals surface area contributed by atoms with Crippen molar-refractivity contribution in [1.82, 2.24) is 5.43 Å². The van der Waals surface area contributed by atoms with Crippen LogP contribution in [0.15, 0.2) is 59.7 Å². The zero-order valence-electron chi connectivity index (χ0n) is 12.4. The van der Waals surface area contributed by atoms with Gasteiger partial charge in [-0.25, -0.2) is 5.43 Å². The number of amides is 1. The summed E-state index contributed by atoms with van der Waals surface area (Å²) in [7, 11) is 0. The lowest BCUT2D eigenvalue weighted by atomic mass is 10.1. The molecule has 0 bridgehead atoms. The van der Waals surface area contributed by atoms with Crippen LogP contribution in [-0.4, -0.2) is 16.7 Å². The van der Waals surface area contributed by atoms with Crippen molar-refractivity contribution in [2.24, 2.45) is 11.0 Å². The zero-order valence-corrected chi connectivity index (χ0v) is 12.4. The highest BCUT2D eigenvalue weighted by Gasteiger charge is 2.43. The first kappa shape index (κ1) is 14.3. The van der Waals surface area contributed by atoms with E-state index in [0.717, 1.165) is 6.42 Å². The molecule has 0 aromatic heterocycles. The van der Waals surface area contributed by atoms with Crippen LogP contribution in [0, 0.1) is 5.92 Å². The maximum absolute atomic E-state index is 12.1. The van der Waals surface area contributed by atoms with Gasteiger partial charge in [-0.3, -0.25) is 4.79 Å². The summed E-state index contributed by atoms with van der Waals surface area (Å²) in [6, 6.07) is 17.0. The summed E-state index contributed by atoms with van der Waals surface area (Å²) in [4.78, 5) is 12.1. The second-order valence-corrected chi connectivity index (χ2v) is 5.55. The number of nitrogens with one attached hydrogen (secondary N) is 1. The standard InChI is InChI=1S/C18H18N2O2/c1-12(14-9-5-6-10-17(14)21)19-20-18(22)16-11-15(16)13-7-3-2-4-8-13/h2-10,15-16,21H,11H2,1H3,(H,20,22)/b19-12-/t15-,16+/m1/s1. The molecule has 2 aromatic carbocycles. The van der Waals surface area contributed by atoms with Gasteiger partial charge >= 0.3 is 0 Å². The largest absolute Gasteiger partial charge is 0.507 e. The molecule has 1 aliphatic carbocycles. The lowest BCUT2D eigenvalue weighted by Gasteiger charge is -2.04. The van der Waals surface area contributed by atoms with Gasteiger partial charge in [0.15, 0.2) is 0 Å². The van der Waals surface area contributed by atoms with Gasteiger partial charge in [-0.2, -0.15) is 5.10 Å². The van der Waals surface area contributed by atoms with Gasteiger partial charge in [-0.15, -0.1) is 0 Å². The second-order valence-electron chi connectivity index (χ2n) is 5.55. The maximum atomic E-state index is 12.1. The van der Waals surface area contributed by atoms with Crippen molar-refractivity contribution in [2.45, 2.75) is 19.3 Å². The molecule has 22 heavy (non-hydrogen) atoms. The van der Waals surface area contributed by atoms with Gasteiger partial charge in [0.25, 0.3) is 0 Å². The van der Waals surface area contributed by atoms with E-state index in [0.29, 0.717) is 17.2 Å². The quantitative estimate of drug-likeness (QED) is 0.672. The molecular formula is C18H18N2O2. The summed E-state index contributed by atoms with van der Waals surface area (Å²) >= 11 is 0. The van der Waals surface area contributed by atoms with E-state index in [1.807, 2.05) is 24.3 Å². The minimum absolute atomic E-state index is 0.0108. The average Bonchev–Trinajstić information content (AvgIpc) is 3.34. The molecule has 2 N–H and O–H groups in total. The molecule has 4 nitrogen and oxygen atoms in total. The molecule has 0 unspecified atom stereocenters. The normalized spacial score (nSPS) is 20.5. The Labute approximate surface area is 129 Å².